The Labute approximate surface area is 530 Å². The number of phosphoric acid groups is 2. The molecule has 0 fully saturated rings. The van der Waals surface area contributed by atoms with Crippen LogP contribution in [0.25, 0.3) is 0 Å². The summed E-state index contributed by atoms with van der Waals surface area (Å²) in [5.41, 5.74) is 0. The van der Waals surface area contributed by atoms with Gasteiger partial charge in [-0.05, 0) is 37.5 Å². The van der Waals surface area contributed by atoms with Crippen LogP contribution in [0.1, 0.15) is 343 Å². The van der Waals surface area contributed by atoms with Crippen LogP contribution in [0.5, 0.6) is 0 Å². The summed E-state index contributed by atoms with van der Waals surface area (Å²) in [6.45, 7) is 9.47. The first kappa shape index (κ1) is 85.1. The van der Waals surface area contributed by atoms with Crippen molar-refractivity contribution >= 4 is 39.5 Å². The molecule has 0 saturated heterocycles. The molecule has 19 heteroatoms. The Hall–Kier alpha value is -1.94. The van der Waals surface area contributed by atoms with E-state index >= 15 is 0 Å². The molecule has 87 heavy (non-hydrogen) atoms. The number of aliphatic hydroxyl groups excluding tert-OH is 1. The highest BCUT2D eigenvalue weighted by molar-refractivity contribution is 7.47. The maximum absolute atomic E-state index is 13.0. The zero-order valence-electron chi connectivity index (χ0n) is 56.3. The van der Waals surface area contributed by atoms with Gasteiger partial charge in [0.05, 0.1) is 26.4 Å². The number of carbonyl (C=O) groups excluding carboxylic acids is 4. The molecule has 516 valence electrons. The van der Waals surface area contributed by atoms with E-state index in [-0.39, 0.29) is 25.7 Å². The Morgan fingerprint density at radius 2 is 0.529 bits per heavy atom. The second-order valence-corrected chi connectivity index (χ2v) is 28.4. The normalized spacial score (nSPS) is 14.2. The van der Waals surface area contributed by atoms with Gasteiger partial charge in [0.1, 0.15) is 19.3 Å². The average molecular weight is 1280 g/mol. The smallest absolute Gasteiger partial charge is 0.462 e. The fraction of sp³-hybridized carbons (Fsp3) is 0.941. The van der Waals surface area contributed by atoms with E-state index in [1.54, 1.807) is 0 Å². The van der Waals surface area contributed by atoms with E-state index in [9.17, 15) is 43.2 Å². The number of rotatable bonds is 67. The summed E-state index contributed by atoms with van der Waals surface area (Å²) in [5.74, 6) is -0.651. The Bertz CT molecular complexity index is 1700. The number of hydrogen-bond donors (Lipinski definition) is 3. The summed E-state index contributed by atoms with van der Waals surface area (Å²) in [5, 5.41) is 10.6. The first-order valence-corrected chi connectivity index (χ1v) is 38.5. The van der Waals surface area contributed by atoms with Gasteiger partial charge in [-0.1, -0.05) is 292 Å². The third-order valence-corrected chi connectivity index (χ3v) is 17.6. The lowest BCUT2D eigenvalue weighted by Crippen LogP contribution is -2.30. The van der Waals surface area contributed by atoms with Crippen molar-refractivity contribution in [2.24, 2.45) is 11.8 Å². The van der Waals surface area contributed by atoms with Crippen molar-refractivity contribution in [3.63, 3.8) is 0 Å². The highest BCUT2D eigenvalue weighted by Gasteiger charge is 2.30. The lowest BCUT2D eigenvalue weighted by atomic mass is 10.0. The van der Waals surface area contributed by atoms with E-state index < -0.39 is 97.5 Å². The molecule has 0 spiro atoms. The third-order valence-electron chi connectivity index (χ3n) is 15.7. The molecule has 5 atom stereocenters. The fourth-order valence-corrected chi connectivity index (χ4v) is 11.8. The highest BCUT2D eigenvalue weighted by Crippen LogP contribution is 2.45. The number of ether oxygens (including phenoxy) is 4. The summed E-state index contributed by atoms with van der Waals surface area (Å²) in [4.78, 5) is 72.4. The molecule has 0 bridgehead atoms. The van der Waals surface area contributed by atoms with Gasteiger partial charge in [-0.15, -0.1) is 0 Å². The Morgan fingerprint density at radius 3 is 0.782 bits per heavy atom. The van der Waals surface area contributed by atoms with E-state index in [1.807, 2.05) is 0 Å². The molecular formula is C68H132O17P2. The molecule has 2 unspecified atom stereocenters. The van der Waals surface area contributed by atoms with E-state index in [0.29, 0.717) is 25.7 Å². The van der Waals surface area contributed by atoms with E-state index in [2.05, 4.69) is 41.5 Å². The standard InChI is InChI=1S/C68H132O17P2/c1-7-9-11-13-15-17-18-19-20-21-27-34-40-46-52-67(72)84-63(57-79-66(71)51-45-39-33-26-23-22-25-30-36-42-48-60(3)4)58-82-86(74,75)80-54-62(69)55-81-87(76,77)83-59-64(56-78-65(70)50-44-38-32-24-16-14-12-10-8-2)85-68(73)53-47-41-35-29-28-31-37-43-49-61(5)6/h60-64,69H,7-59H2,1-6H3,(H,74,75)(H,76,77)/t62-,63-,64-/m1/s1. The first-order chi connectivity index (χ1) is 41.9. The first-order valence-electron chi connectivity index (χ1n) is 35.5. The summed E-state index contributed by atoms with van der Waals surface area (Å²) in [6, 6.07) is 0. The predicted molar refractivity (Wildman–Crippen MR) is 349 cm³/mol. The number of esters is 4. The topological polar surface area (TPSA) is 237 Å². The van der Waals surface area contributed by atoms with Gasteiger partial charge in [-0.2, -0.15) is 0 Å². The number of carbonyl (C=O) groups is 4. The summed E-state index contributed by atoms with van der Waals surface area (Å²) >= 11 is 0. The van der Waals surface area contributed by atoms with Gasteiger partial charge >= 0.3 is 39.5 Å². The molecule has 0 aliphatic rings. The van der Waals surface area contributed by atoms with Gasteiger partial charge in [-0.25, -0.2) is 9.13 Å². The molecule has 0 rings (SSSR count). The van der Waals surface area contributed by atoms with Gasteiger partial charge < -0.3 is 33.8 Å². The minimum Gasteiger partial charge on any atom is -0.462 e. The molecule has 0 heterocycles. The Kier molecular flexibility index (Phi) is 59.0. The summed E-state index contributed by atoms with van der Waals surface area (Å²) in [7, 11) is -9.89. The number of unbranched alkanes of at least 4 members (excludes halogenated alkanes) is 37. The molecule has 0 amide bonds. The van der Waals surface area contributed by atoms with Crippen molar-refractivity contribution < 1.29 is 80.2 Å². The van der Waals surface area contributed by atoms with Gasteiger partial charge in [0, 0.05) is 25.7 Å². The number of phosphoric ester groups is 2. The van der Waals surface area contributed by atoms with Crippen LogP contribution >= 0.6 is 15.6 Å². The van der Waals surface area contributed by atoms with Gasteiger partial charge in [-0.3, -0.25) is 37.3 Å². The molecule has 3 N–H and O–H groups in total. The molecule has 0 aromatic rings. The molecule has 0 saturated carbocycles. The van der Waals surface area contributed by atoms with Crippen LogP contribution in [0, 0.1) is 11.8 Å². The zero-order valence-corrected chi connectivity index (χ0v) is 58.1. The Balaban J connectivity index is 5.24. The van der Waals surface area contributed by atoms with Crippen LogP contribution in [0.4, 0.5) is 0 Å². The molecule has 0 aromatic carbocycles. The van der Waals surface area contributed by atoms with Gasteiger partial charge in [0.25, 0.3) is 0 Å². The minimum absolute atomic E-state index is 0.104. The maximum Gasteiger partial charge on any atom is 0.472 e. The van der Waals surface area contributed by atoms with Gasteiger partial charge in [0.2, 0.25) is 0 Å². The maximum atomic E-state index is 13.0. The van der Waals surface area contributed by atoms with Crippen LogP contribution in [0.2, 0.25) is 0 Å². The molecule has 0 aromatic heterocycles. The van der Waals surface area contributed by atoms with Crippen molar-refractivity contribution in [2.45, 2.75) is 362 Å². The highest BCUT2D eigenvalue weighted by atomic mass is 31.2. The van der Waals surface area contributed by atoms with Crippen molar-refractivity contribution in [1.29, 1.82) is 0 Å². The molecular weight excluding hydrogens is 1150 g/mol. The van der Waals surface area contributed by atoms with Crippen molar-refractivity contribution in [1.82, 2.24) is 0 Å². The van der Waals surface area contributed by atoms with E-state index in [0.717, 1.165) is 102 Å². The monoisotopic (exact) mass is 1280 g/mol. The minimum atomic E-state index is -4.95. The summed E-state index contributed by atoms with van der Waals surface area (Å²) in [6.07, 6.45) is 44.4. The fourth-order valence-electron chi connectivity index (χ4n) is 10.2. The molecule has 0 radical (unpaired) electrons. The summed E-state index contributed by atoms with van der Waals surface area (Å²) < 4.78 is 68.2. The average Bonchev–Trinajstić information content (AvgIpc) is 3.68. The zero-order chi connectivity index (χ0) is 64.3. The quantitative estimate of drug-likeness (QED) is 0.0222. The van der Waals surface area contributed by atoms with E-state index in [1.165, 1.54) is 161 Å². The second-order valence-electron chi connectivity index (χ2n) is 25.5. The van der Waals surface area contributed by atoms with Crippen LogP contribution < -0.4 is 0 Å². The second kappa shape index (κ2) is 60.3. The van der Waals surface area contributed by atoms with Crippen molar-refractivity contribution in [3.8, 4) is 0 Å². The SMILES string of the molecule is CCCCCCCCCCCCCCCCC(=O)O[C@H](COC(=O)CCCCCCCCCCCCC(C)C)COP(=O)(O)OC[C@@H](O)COP(=O)(O)OC[C@@H](COC(=O)CCCCCCCCCCC)OC(=O)CCCCCCCCCCC(C)C. The van der Waals surface area contributed by atoms with Gasteiger partial charge in [0.15, 0.2) is 12.2 Å². The lowest BCUT2D eigenvalue weighted by molar-refractivity contribution is -0.161. The lowest BCUT2D eigenvalue weighted by Gasteiger charge is -2.21. The predicted octanol–water partition coefficient (Wildman–Crippen LogP) is 19.2. The molecule has 17 nitrogen and oxygen atoms in total. The van der Waals surface area contributed by atoms with Crippen LogP contribution in [0.3, 0.4) is 0 Å². The number of hydrogen-bond acceptors (Lipinski definition) is 15. The molecule has 0 aliphatic carbocycles. The van der Waals surface area contributed by atoms with Crippen LogP contribution in [0.15, 0.2) is 0 Å². The van der Waals surface area contributed by atoms with Crippen molar-refractivity contribution in [2.75, 3.05) is 39.6 Å². The largest absolute Gasteiger partial charge is 0.472 e. The molecule has 0 aliphatic heterocycles. The van der Waals surface area contributed by atoms with Crippen molar-refractivity contribution in [3.05, 3.63) is 0 Å². The number of aliphatic hydroxyl groups is 1. The van der Waals surface area contributed by atoms with Crippen LogP contribution in [-0.2, 0) is 65.4 Å². The third kappa shape index (κ3) is 62.6. The van der Waals surface area contributed by atoms with E-state index in [4.69, 9.17) is 37.0 Å². The van der Waals surface area contributed by atoms with Crippen LogP contribution in [-0.4, -0.2) is 96.7 Å². The Morgan fingerprint density at radius 1 is 0.310 bits per heavy atom.